The van der Waals surface area contributed by atoms with E-state index in [1.165, 1.54) is 0 Å². The van der Waals surface area contributed by atoms with Crippen LogP contribution in [0.1, 0.15) is 21.5 Å². The Morgan fingerprint density at radius 1 is 1.50 bits per heavy atom. The van der Waals surface area contributed by atoms with Crippen molar-refractivity contribution in [3.8, 4) is 11.8 Å². The number of carbonyl (C=O) groups is 1. The number of hydrogen-bond donors (Lipinski definition) is 2. The predicted octanol–water partition coefficient (Wildman–Crippen LogP) is 1.40. The Morgan fingerprint density at radius 2 is 2.28 bits per heavy atom. The van der Waals surface area contributed by atoms with Gasteiger partial charge in [0.15, 0.2) is 0 Å². The van der Waals surface area contributed by atoms with Gasteiger partial charge in [-0.1, -0.05) is 17.9 Å². The highest BCUT2D eigenvalue weighted by atomic mass is 32.2. The Hall–Kier alpha value is -1.44. The molecule has 18 heavy (non-hydrogen) atoms. The van der Waals surface area contributed by atoms with Crippen LogP contribution >= 0.6 is 11.8 Å². The minimum absolute atomic E-state index is 0.0784. The molecule has 0 spiro atoms. The van der Waals surface area contributed by atoms with Gasteiger partial charge in [0.05, 0.1) is 12.1 Å². The highest BCUT2D eigenvalue weighted by Crippen LogP contribution is 2.10. The number of benzene rings is 1. The lowest BCUT2D eigenvalue weighted by molar-refractivity contribution is 0.0956. The molecule has 0 heterocycles. The van der Waals surface area contributed by atoms with Crippen molar-refractivity contribution in [3.05, 3.63) is 34.9 Å². The van der Waals surface area contributed by atoms with E-state index in [1.807, 2.05) is 31.4 Å². The van der Waals surface area contributed by atoms with E-state index in [0.29, 0.717) is 18.7 Å². The number of nitrogens with one attached hydrogen (secondary N) is 1. The van der Waals surface area contributed by atoms with E-state index in [-0.39, 0.29) is 5.91 Å². The second kappa shape index (κ2) is 7.80. The molecule has 0 saturated carbocycles. The highest BCUT2D eigenvalue weighted by Gasteiger charge is 2.09. The fourth-order valence-electron chi connectivity index (χ4n) is 1.47. The normalized spacial score (nSPS) is 9.50. The van der Waals surface area contributed by atoms with Crippen LogP contribution in [0.3, 0.4) is 0 Å². The van der Waals surface area contributed by atoms with Gasteiger partial charge in [-0.05, 0) is 30.9 Å². The summed E-state index contributed by atoms with van der Waals surface area (Å²) in [5.74, 6) is 6.56. The Kier molecular flexibility index (Phi) is 6.34. The molecule has 0 aliphatic heterocycles. The summed E-state index contributed by atoms with van der Waals surface area (Å²) in [5, 5.41) is 2.88. The van der Waals surface area contributed by atoms with Crippen molar-refractivity contribution >= 4 is 17.7 Å². The summed E-state index contributed by atoms with van der Waals surface area (Å²) in [6, 6.07) is 5.63. The van der Waals surface area contributed by atoms with Crippen molar-refractivity contribution in [2.45, 2.75) is 6.92 Å². The number of hydrogen-bond acceptors (Lipinski definition) is 3. The molecular weight excluding hydrogens is 244 g/mol. The van der Waals surface area contributed by atoms with Crippen LogP contribution in [0.4, 0.5) is 0 Å². The number of nitrogens with two attached hydrogens (primary N) is 1. The van der Waals surface area contributed by atoms with Gasteiger partial charge >= 0.3 is 0 Å². The van der Waals surface area contributed by atoms with E-state index in [4.69, 9.17) is 5.73 Å². The zero-order chi connectivity index (χ0) is 13.4. The summed E-state index contributed by atoms with van der Waals surface area (Å²) in [7, 11) is 0. The van der Waals surface area contributed by atoms with E-state index < -0.39 is 0 Å². The number of aryl methyl sites for hydroxylation is 1. The first-order valence-electron chi connectivity index (χ1n) is 5.75. The van der Waals surface area contributed by atoms with Crippen LogP contribution in [-0.2, 0) is 0 Å². The van der Waals surface area contributed by atoms with Crippen molar-refractivity contribution in [2.75, 3.05) is 25.1 Å². The minimum atomic E-state index is -0.0784. The van der Waals surface area contributed by atoms with E-state index in [2.05, 4.69) is 17.2 Å². The average Bonchev–Trinajstić information content (AvgIpc) is 2.36. The molecule has 0 bridgehead atoms. The van der Waals surface area contributed by atoms with E-state index in [1.54, 1.807) is 11.8 Å². The molecule has 3 N–H and O–H groups in total. The van der Waals surface area contributed by atoms with Crippen molar-refractivity contribution in [1.29, 1.82) is 0 Å². The van der Waals surface area contributed by atoms with Crippen molar-refractivity contribution in [2.24, 2.45) is 5.73 Å². The zero-order valence-corrected chi connectivity index (χ0v) is 11.6. The first-order chi connectivity index (χ1) is 8.69. The minimum Gasteiger partial charge on any atom is -0.351 e. The third kappa shape index (κ3) is 4.44. The largest absolute Gasteiger partial charge is 0.351 e. The van der Waals surface area contributed by atoms with Gasteiger partial charge in [0.25, 0.3) is 5.91 Å². The summed E-state index contributed by atoms with van der Waals surface area (Å²) in [6.07, 6.45) is 2.01. The summed E-state index contributed by atoms with van der Waals surface area (Å²) in [6.45, 7) is 2.93. The Labute approximate surface area is 113 Å². The van der Waals surface area contributed by atoms with Crippen LogP contribution in [0.25, 0.3) is 0 Å². The molecule has 0 unspecified atom stereocenters. The molecule has 0 radical (unpaired) electrons. The van der Waals surface area contributed by atoms with Crippen LogP contribution in [0, 0.1) is 18.8 Å². The first-order valence-corrected chi connectivity index (χ1v) is 7.15. The van der Waals surface area contributed by atoms with E-state index in [0.717, 1.165) is 16.9 Å². The van der Waals surface area contributed by atoms with Gasteiger partial charge in [0.1, 0.15) is 0 Å². The van der Waals surface area contributed by atoms with Crippen LogP contribution < -0.4 is 11.1 Å². The molecule has 0 aliphatic rings. The zero-order valence-electron chi connectivity index (χ0n) is 10.7. The fourth-order valence-corrected chi connectivity index (χ4v) is 1.77. The molecule has 0 atom stereocenters. The van der Waals surface area contributed by atoms with E-state index >= 15 is 0 Å². The molecule has 1 rings (SSSR count). The lowest BCUT2D eigenvalue weighted by Gasteiger charge is -2.07. The molecule has 1 aromatic rings. The van der Waals surface area contributed by atoms with Gasteiger partial charge in [0.2, 0.25) is 0 Å². The number of carbonyl (C=O) groups excluding carboxylic acids is 1. The van der Waals surface area contributed by atoms with E-state index in [9.17, 15) is 4.79 Å². The van der Waals surface area contributed by atoms with Crippen LogP contribution in [0.15, 0.2) is 18.2 Å². The second-order valence-electron chi connectivity index (χ2n) is 3.80. The molecular formula is C14H18N2OS. The van der Waals surface area contributed by atoms with Crippen molar-refractivity contribution < 1.29 is 4.79 Å². The molecule has 96 valence electrons. The lowest BCUT2D eigenvalue weighted by Crippen LogP contribution is -2.26. The van der Waals surface area contributed by atoms with Gasteiger partial charge in [-0.2, -0.15) is 11.8 Å². The Morgan fingerprint density at radius 3 is 2.94 bits per heavy atom. The van der Waals surface area contributed by atoms with Crippen LogP contribution in [0.2, 0.25) is 0 Å². The fraction of sp³-hybridized carbons (Fsp3) is 0.357. The second-order valence-corrected chi connectivity index (χ2v) is 4.79. The Bertz CT molecular complexity index is 474. The molecule has 1 aromatic carbocycles. The van der Waals surface area contributed by atoms with Gasteiger partial charge < -0.3 is 11.1 Å². The third-order valence-electron chi connectivity index (χ3n) is 2.34. The Balaban J connectivity index is 2.89. The topological polar surface area (TPSA) is 55.1 Å². The summed E-state index contributed by atoms with van der Waals surface area (Å²) in [4.78, 5) is 12.0. The molecule has 1 amide bonds. The van der Waals surface area contributed by atoms with Gasteiger partial charge in [-0.25, -0.2) is 0 Å². The maximum absolute atomic E-state index is 12.0. The molecule has 0 fully saturated rings. The van der Waals surface area contributed by atoms with Gasteiger partial charge in [-0.3, -0.25) is 4.79 Å². The third-order valence-corrected chi connectivity index (χ3v) is 2.95. The number of rotatable bonds is 4. The smallest absolute Gasteiger partial charge is 0.252 e. The molecule has 3 nitrogen and oxygen atoms in total. The monoisotopic (exact) mass is 262 g/mol. The maximum Gasteiger partial charge on any atom is 0.252 e. The molecule has 0 aromatic heterocycles. The lowest BCUT2D eigenvalue weighted by atomic mass is 10.0. The van der Waals surface area contributed by atoms with Crippen LogP contribution in [0.5, 0.6) is 0 Å². The summed E-state index contributed by atoms with van der Waals surface area (Å²) < 4.78 is 0. The molecule has 0 aliphatic carbocycles. The number of amides is 1. The summed E-state index contributed by atoms with van der Waals surface area (Å²) in [5.41, 5.74) is 7.79. The van der Waals surface area contributed by atoms with Crippen molar-refractivity contribution in [3.63, 3.8) is 0 Å². The van der Waals surface area contributed by atoms with Crippen LogP contribution in [-0.4, -0.2) is 31.0 Å². The summed E-state index contributed by atoms with van der Waals surface area (Å²) >= 11 is 1.70. The standard InChI is InChI=1S/C14H18N2OS/c1-11-5-6-13(12(10-11)4-3-7-15)14(17)16-8-9-18-2/h5-6,10H,7-9,15H2,1-2H3,(H,16,17). The molecule has 4 heteroatoms. The first kappa shape index (κ1) is 14.6. The number of thioether (sulfide) groups is 1. The van der Waals surface area contributed by atoms with Gasteiger partial charge in [-0.15, -0.1) is 0 Å². The highest BCUT2D eigenvalue weighted by molar-refractivity contribution is 7.98. The average molecular weight is 262 g/mol. The maximum atomic E-state index is 12.0. The van der Waals surface area contributed by atoms with Crippen molar-refractivity contribution in [1.82, 2.24) is 5.32 Å². The SMILES string of the molecule is CSCCNC(=O)c1ccc(C)cc1C#CCN. The predicted molar refractivity (Wildman–Crippen MR) is 77.8 cm³/mol. The quantitative estimate of drug-likeness (QED) is 0.637. The molecule has 0 saturated heterocycles. The van der Waals surface area contributed by atoms with Gasteiger partial charge in [0, 0.05) is 17.9 Å².